The summed E-state index contributed by atoms with van der Waals surface area (Å²) in [5.74, 6) is 0.928. The first-order valence-electron chi connectivity index (χ1n) is 6.23. The van der Waals surface area contributed by atoms with Crippen molar-refractivity contribution < 1.29 is 4.42 Å². The predicted molar refractivity (Wildman–Crippen MR) is 74.6 cm³/mol. The highest BCUT2D eigenvalue weighted by Crippen LogP contribution is 2.20. The molecular weight excluding hydrogens is 258 g/mol. The van der Waals surface area contributed by atoms with Crippen molar-refractivity contribution in [3.8, 4) is 6.07 Å². The fraction of sp³-hybridized carbons (Fsp3) is 0.429. The van der Waals surface area contributed by atoms with Gasteiger partial charge in [0.15, 0.2) is 0 Å². The molecule has 0 aliphatic heterocycles. The van der Waals surface area contributed by atoms with E-state index in [0.717, 1.165) is 36.1 Å². The van der Waals surface area contributed by atoms with Crippen LogP contribution in [0.4, 0.5) is 0 Å². The Morgan fingerprint density at radius 2 is 2.26 bits per heavy atom. The molecule has 0 saturated heterocycles. The van der Waals surface area contributed by atoms with Gasteiger partial charge in [-0.15, -0.1) is 11.3 Å². The highest BCUT2D eigenvalue weighted by molar-refractivity contribution is 7.11. The van der Waals surface area contributed by atoms with Crippen molar-refractivity contribution in [2.24, 2.45) is 0 Å². The van der Waals surface area contributed by atoms with E-state index < -0.39 is 0 Å². The van der Waals surface area contributed by atoms with Crippen LogP contribution in [0.5, 0.6) is 0 Å². The van der Waals surface area contributed by atoms with Gasteiger partial charge < -0.3 is 4.42 Å². The zero-order valence-corrected chi connectivity index (χ0v) is 12.0. The van der Waals surface area contributed by atoms with Crippen molar-refractivity contribution >= 4 is 11.3 Å². The van der Waals surface area contributed by atoms with Gasteiger partial charge in [-0.05, 0) is 26.0 Å². The van der Waals surface area contributed by atoms with Gasteiger partial charge in [-0.1, -0.05) is 0 Å². The number of hydrogen-bond donors (Lipinski definition) is 0. The van der Waals surface area contributed by atoms with Gasteiger partial charge in [0.05, 0.1) is 29.6 Å². The summed E-state index contributed by atoms with van der Waals surface area (Å²) < 4.78 is 5.38. The van der Waals surface area contributed by atoms with Crippen LogP contribution in [0, 0.1) is 25.2 Å². The molecule has 0 radical (unpaired) electrons. The van der Waals surface area contributed by atoms with Gasteiger partial charge in [0.2, 0.25) is 0 Å². The molecule has 4 nitrogen and oxygen atoms in total. The molecule has 2 aromatic rings. The molecule has 100 valence electrons. The van der Waals surface area contributed by atoms with Crippen LogP contribution < -0.4 is 0 Å². The number of aromatic nitrogens is 1. The van der Waals surface area contributed by atoms with E-state index in [1.165, 1.54) is 4.88 Å². The van der Waals surface area contributed by atoms with Crippen LogP contribution in [0.25, 0.3) is 0 Å². The lowest BCUT2D eigenvalue weighted by Gasteiger charge is -2.19. The maximum absolute atomic E-state index is 8.76. The summed E-state index contributed by atoms with van der Waals surface area (Å²) in [5.41, 5.74) is 1.09. The van der Waals surface area contributed by atoms with E-state index in [-0.39, 0.29) is 0 Å². The zero-order chi connectivity index (χ0) is 13.7. The minimum Gasteiger partial charge on any atom is -0.468 e. The van der Waals surface area contributed by atoms with Crippen molar-refractivity contribution in [1.29, 1.82) is 5.26 Å². The molecule has 5 heteroatoms. The molecule has 2 aromatic heterocycles. The van der Waals surface area contributed by atoms with Crippen molar-refractivity contribution in [3.05, 3.63) is 39.7 Å². The Balaban J connectivity index is 2.05. The minimum absolute atomic E-state index is 0.525. The Hall–Kier alpha value is -1.64. The van der Waals surface area contributed by atoms with Crippen molar-refractivity contribution in [2.75, 3.05) is 6.54 Å². The van der Waals surface area contributed by atoms with Gasteiger partial charge in [-0.25, -0.2) is 4.98 Å². The molecule has 0 atom stereocenters. The van der Waals surface area contributed by atoms with Crippen LogP contribution in [0.1, 0.15) is 27.8 Å². The SMILES string of the molecule is Cc1nc(C)c(CN(CCC#N)Cc2ccco2)s1. The van der Waals surface area contributed by atoms with Gasteiger partial charge in [0.25, 0.3) is 0 Å². The molecule has 0 saturated carbocycles. The molecule has 0 N–H and O–H groups in total. The van der Waals surface area contributed by atoms with E-state index in [2.05, 4.69) is 16.0 Å². The van der Waals surface area contributed by atoms with Gasteiger partial charge >= 0.3 is 0 Å². The van der Waals surface area contributed by atoms with Gasteiger partial charge in [-0.3, -0.25) is 4.90 Å². The summed E-state index contributed by atoms with van der Waals surface area (Å²) in [6.07, 6.45) is 2.21. The summed E-state index contributed by atoms with van der Waals surface area (Å²) in [7, 11) is 0. The summed E-state index contributed by atoms with van der Waals surface area (Å²) >= 11 is 1.72. The van der Waals surface area contributed by atoms with Crippen LogP contribution in [-0.2, 0) is 13.1 Å². The number of aryl methyl sites for hydroxylation is 2. The minimum atomic E-state index is 0.525. The first-order chi connectivity index (χ1) is 9.19. The molecular formula is C14H17N3OS. The van der Waals surface area contributed by atoms with E-state index in [4.69, 9.17) is 9.68 Å². The number of hydrogen-bond acceptors (Lipinski definition) is 5. The second kappa shape index (κ2) is 6.50. The first-order valence-corrected chi connectivity index (χ1v) is 7.05. The van der Waals surface area contributed by atoms with E-state index >= 15 is 0 Å². The molecule has 2 rings (SSSR count). The van der Waals surface area contributed by atoms with E-state index in [1.807, 2.05) is 26.0 Å². The number of thiazole rings is 1. The predicted octanol–water partition coefficient (Wildman–Crippen LogP) is 3.27. The fourth-order valence-corrected chi connectivity index (χ4v) is 2.95. The molecule has 0 fully saturated rings. The van der Waals surface area contributed by atoms with Crippen molar-refractivity contribution in [1.82, 2.24) is 9.88 Å². The number of rotatable bonds is 6. The molecule has 0 spiro atoms. The first kappa shape index (κ1) is 13.8. The molecule has 2 heterocycles. The highest BCUT2D eigenvalue weighted by Gasteiger charge is 2.12. The molecule has 0 amide bonds. The molecule has 19 heavy (non-hydrogen) atoms. The second-order valence-electron chi connectivity index (χ2n) is 4.44. The van der Waals surface area contributed by atoms with E-state index in [1.54, 1.807) is 17.6 Å². The quantitative estimate of drug-likeness (QED) is 0.812. The van der Waals surface area contributed by atoms with Crippen LogP contribution in [0.3, 0.4) is 0 Å². The fourth-order valence-electron chi connectivity index (χ4n) is 1.97. The van der Waals surface area contributed by atoms with Gasteiger partial charge in [0.1, 0.15) is 5.76 Å². The lowest BCUT2D eigenvalue weighted by Crippen LogP contribution is -2.23. The van der Waals surface area contributed by atoms with Gasteiger partial charge in [0, 0.05) is 24.4 Å². The monoisotopic (exact) mass is 275 g/mol. The van der Waals surface area contributed by atoms with Crippen LogP contribution in [-0.4, -0.2) is 16.4 Å². The van der Waals surface area contributed by atoms with Crippen LogP contribution in [0.15, 0.2) is 22.8 Å². The molecule has 0 unspecified atom stereocenters. The average molecular weight is 275 g/mol. The summed E-state index contributed by atoms with van der Waals surface area (Å²) in [4.78, 5) is 7.93. The maximum Gasteiger partial charge on any atom is 0.117 e. The lowest BCUT2D eigenvalue weighted by atomic mass is 10.3. The van der Waals surface area contributed by atoms with Crippen molar-refractivity contribution in [3.63, 3.8) is 0 Å². The molecule has 0 aliphatic rings. The Labute approximate surface area is 117 Å². The number of furan rings is 1. The standard InChI is InChI=1S/C14H17N3OS/c1-11-14(19-12(2)16-11)10-17(7-4-6-15)9-13-5-3-8-18-13/h3,5,8H,4,7,9-10H2,1-2H3. The van der Waals surface area contributed by atoms with Crippen LogP contribution in [0.2, 0.25) is 0 Å². The number of nitriles is 1. The molecule has 0 aliphatic carbocycles. The van der Waals surface area contributed by atoms with Crippen LogP contribution >= 0.6 is 11.3 Å². The summed E-state index contributed by atoms with van der Waals surface area (Å²) in [6, 6.07) is 6.05. The Morgan fingerprint density at radius 3 is 2.84 bits per heavy atom. The van der Waals surface area contributed by atoms with E-state index in [0.29, 0.717) is 6.42 Å². The third-order valence-corrected chi connectivity index (χ3v) is 3.92. The summed E-state index contributed by atoms with van der Waals surface area (Å²) in [5, 5.41) is 9.84. The molecule has 0 aromatic carbocycles. The third kappa shape index (κ3) is 3.91. The summed E-state index contributed by atoms with van der Waals surface area (Å²) in [6.45, 7) is 6.35. The third-order valence-electron chi connectivity index (χ3n) is 2.87. The second-order valence-corrected chi connectivity index (χ2v) is 5.73. The largest absolute Gasteiger partial charge is 0.468 e. The highest BCUT2D eigenvalue weighted by atomic mass is 32.1. The topological polar surface area (TPSA) is 53.1 Å². The van der Waals surface area contributed by atoms with E-state index in [9.17, 15) is 0 Å². The average Bonchev–Trinajstić information content (AvgIpc) is 2.97. The maximum atomic E-state index is 8.76. The Kier molecular flexibility index (Phi) is 4.72. The Bertz CT molecular complexity index is 554. The lowest BCUT2D eigenvalue weighted by molar-refractivity contribution is 0.242. The number of nitrogens with zero attached hydrogens (tertiary/aromatic N) is 3. The zero-order valence-electron chi connectivity index (χ0n) is 11.2. The molecule has 0 bridgehead atoms. The van der Waals surface area contributed by atoms with Crippen molar-refractivity contribution in [2.45, 2.75) is 33.4 Å². The normalized spacial score (nSPS) is 10.8. The van der Waals surface area contributed by atoms with Gasteiger partial charge in [-0.2, -0.15) is 5.26 Å². The smallest absolute Gasteiger partial charge is 0.117 e. The Morgan fingerprint density at radius 1 is 1.42 bits per heavy atom.